The molecule has 0 aliphatic heterocycles. The van der Waals surface area contributed by atoms with E-state index in [1.807, 2.05) is 43.3 Å². The SMILES string of the molecule is Cc1cc(-c2ccccc2)nc(SC(C)C(=O)NC(=O)NC2CC2)n1. The van der Waals surface area contributed by atoms with Crippen molar-refractivity contribution >= 4 is 23.7 Å². The lowest BCUT2D eigenvalue weighted by Gasteiger charge is -2.12. The van der Waals surface area contributed by atoms with Gasteiger partial charge in [-0.2, -0.15) is 0 Å². The minimum atomic E-state index is -0.477. The van der Waals surface area contributed by atoms with Gasteiger partial charge in [-0.15, -0.1) is 0 Å². The number of carbonyl (C=O) groups excluding carboxylic acids is 2. The fourth-order valence-electron chi connectivity index (χ4n) is 2.23. The van der Waals surface area contributed by atoms with E-state index >= 15 is 0 Å². The largest absolute Gasteiger partial charge is 0.335 e. The molecule has 0 bridgehead atoms. The average Bonchev–Trinajstić information content (AvgIpc) is 3.38. The Hall–Kier alpha value is -2.41. The third kappa shape index (κ3) is 5.03. The molecular formula is C18H20N4O2S. The molecule has 25 heavy (non-hydrogen) atoms. The fourth-order valence-corrected chi connectivity index (χ4v) is 3.06. The molecule has 1 unspecified atom stereocenters. The summed E-state index contributed by atoms with van der Waals surface area (Å²) in [5.41, 5.74) is 2.64. The standard InChI is InChI=1S/C18H20N4O2S/c1-11-10-15(13-6-4-3-5-7-13)21-18(19-11)25-12(2)16(23)22-17(24)20-14-8-9-14/h3-7,10,12,14H,8-9H2,1-2H3,(H2,20,22,23,24). The van der Waals surface area contributed by atoms with Crippen LogP contribution < -0.4 is 10.6 Å². The van der Waals surface area contributed by atoms with Crippen LogP contribution in [0.2, 0.25) is 0 Å². The van der Waals surface area contributed by atoms with Gasteiger partial charge < -0.3 is 5.32 Å². The van der Waals surface area contributed by atoms with E-state index < -0.39 is 11.3 Å². The molecule has 1 aliphatic rings. The van der Waals surface area contributed by atoms with Crippen LogP contribution in [0.5, 0.6) is 0 Å². The average molecular weight is 356 g/mol. The van der Waals surface area contributed by atoms with Crippen LogP contribution in [0.25, 0.3) is 11.3 Å². The number of urea groups is 1. The number of rotatable bonds is 5. The van der Waals surface area contributed by atoms with Crippen LogP contribution in [-0.4, -0.2) is 33.2 Å². The minimum absolute atomic E-state index is 0.212. The second-order valence-electron chi connectivity index (χ2n) is 6.04. The first-order valence-electron chi connectivity index (χ1n) is 8.20. The van der Waals surface area contributed by atoms with E-state index in [0.717, 1.165) is 29.8 Å². The summed E-state index contributed by atoms with van der Waals surface area (Å²) < 4.78 is 0. The van der Waals surface area contributed by atoms with Crippen LogP contribution in [-0.2, 0) is 4.79 Å². The molecule has 0 radical (unpaired) electrons. The summed E-state index contributed by atoms with van der Waals surface area (Å²) in [5, 5.41) is 5.14. The van der Waals surface area contributed by atoms with Gasteiger partial charge in [-0.25, -0.2) is 14.8 Å². The fraction of sp³-hybridized carbons (Fsp3) is 0.333. The molecule has 1 fully saturated rings. The van der Waals surface area contributed by atoms with Crippen molar-refractivity contribution < 1.29 is 9.59 Å². The number of amides is 3. The van der Waals surface area contributed by atoms with Crippen LogP contribution in [0.15, 0.2) is 41.6 Å². The number of hydrogen-bond acceptors (Lipinski definition) is 5. The van der Waals surface area contributed by atoms with Crippen LogP contribution in [0.3, 0.4) is 0 Å². The van der Waals surface area contributed by atoms with E-state index in [1.165, 1.54) is 11.8 Å². The Labute approximate surface area is 150 Å². The van der Waals surface area contributed by atoms with E-state index in [2.05, 4.69) is 20.6 Å². The normalized spacial score (nSPS) is 14.6. The summed E-state index contributed by atoms with van der Waals surface area (Å²) in [6, 6.07) is 11.5. The number of hydrogen-bond donors (Lipinski definition) is 2. The van der Waals surface area contributed by atoms with Gasteiger partial charge in [0, 0.05) is 17.3 Å². The highest BCUT2D eigenvalue weighted by Crippen LogP contribution is 2.24. The van der Waals surface area contributed by atoms with Gasteiger partial charge in [0.2, 0.25) is 5.91 Å². The number of nitrogens with zero attached hydrogens (tertiary/aromatic N) is 2. The van der Waals surface area contributed by atoms with Crippen molar-refractivity contribution in [2.24, 2.45) is 0 Å². The zero-order chi connectivity index (χ0) is 17.8. The predicted octanol–water partition coefficient (Wildman–Crippen LogP) is 2.92. The molecule has 7 heteroatoms. The van der Waals surface area contributed by atoms with Gasteiger partial charge in [-0.1, -0.05) is 42.1 Å². The molecule has 1 aromatic carbocycles. The minimum Gasteiger partial charge on any atom is -0.335 e. The molecule has 2 aromatic rings. The Balaban J connectivity index is 1.66. The number of aryl methyl sites for hydroxylation is 1. The third-order valence-corrected chi connectivity index (χ3v) is 4.66. The Morgan fingerprint density at radius 2 is 1.92 bits per heavy atom. The first-order chi connectivity index (χ1) is 12.0. The van der Waals surface area contributed by atoms with Gasteiger partial charge in [-0.05, 0) is 32.8 Å². The lowest BCUT2D eigenvalue weighted by Crippen LogP contribution is -2.43. The summed E-state index contributed by atoms with van der Waals surface area (Å²) >= 11 is 1.24. The lowest BCUT2D eigenvalue weighted by atomic mass is 10.1. The Morgan fingerprint density at radius 3 is 2.60 bits per heavy atom. The van der Waals surface area contributed by atoms with E-state index in [-0.39, 0.29) is 11.9 Å². The lowest BCUT2D eigenvalue weighted by molar-refractivity contribution is -0.119. The topological polar surface area (TPSA) is 84.0 Å². The molecule has 3 amide bonds. The molecule has 6 nitrogen and oxygen atoms in total. The number of nitrogens with one attached hydrogen (secondary N) is 2. The molecule has 1 atom stereocenters. The number of aromatic nitrogens is 2. The van der Waals surface area contributed by atoms with Gasteiger partial charge in [0.1, 0.15) is 0 Å². The molecule has 1 saturated carbocycles. The summed E-state index contributed by atoms with van der Waals surface area (Å²) in [4.78, 5) is 32.7. The van der Waals surface area contributed by atoms with E-state index in [1.54, 1.807) is 6.92 Å². The summed E-state index contributed by atoms with van der Waals surface area (Å²) in [6.45, 7) is 3.63. The third-order valence-electron chi connectivity index (χ3n) is 3.70. The summed E-state index contributed by atoms with van der Waals surface area (Å²) in [6.07, 6.45) is 1.95. The van der Waals surface area contributed by atoms with E-state index in [9.17, 15) is 9.59 Å². The van der Waals surface area contributed by atoms with Crippen molar-refractivity contribution in [1.82, 2.24) is 20.6 Å². The molecule has 130 valence electrons. The first-order valence-corrected chi connectivity index (χ1v) is 9.08. The molecule has 1 aromatic heterocycles. The summed E-state index contributed by atoms with van der Waals surface area (Å²) in [5.74, 6) is -0.352. The molecule has 0 spiro atoms. The Bertz CT molecular complexity index is 778. The van der Waals surface area contributed by atoms with Crippen LogP contribution >= 0.6 is 11.8 Å². The van der Waals surface area contributed by atoms with Crippen molar-refractivity contribution in [3.63, 3.8) is 0 Å². The monoisotopic (exact) mass is 356 g/mol. The maximum Gasteiger partial charge on any atom is 0.321 e. The number of imide groups is 1. The second kappa shape index (κ2) is 7.65. The van der Waals surface area contributed by atoms with Crippen LogP contribution in [0.4, 0.5) is 4.79 Å². The maximum absolute atomic E-state index is 12.2. The van der Waals surface area contributed by atoms with Gasteiger partial charge in [0.15, 0.2) is 5.16 Å². The quantitative estimate of drug-likeness (QED) is 0.636. The van der Waals surface area contributed by atoms with Crippen LogP contribution in [0.1, 0.15) is 25.5 Å². The maximum atomic E-state index is 12.2. The van der Waals surface area contributed by atoms with Gasteiger partial charge in [0.05, 0.1) is 10.9 Å². The molecule has 0 saturated heterocycles. The molecule has 1 heterocycles. The summed E-state index contributed by atoms with van der Waals surface area (Å²) in [7, 11) is 0. The van der Waals surface area contributed by atoms with Gasteiger partial charge in [-0.3, -0.25) is 10.1 Å². The van der Waals surface area contributed by atoms with Crippen LogP contribution in [0, 0.1) is 6.92 Å². The molecule has 1 aliphatic carbocycles. The highest BCUT2D eigenvalue weighted by Gasteiger charge is 2.25. The zero-order valence-electron chi connectivity index (χ0n) is 14.2. The van der Waals surface area contributed by atoms with Crippen molar-refractivity contribution in [2.75, 3.05) is 0 Å². The van der Waals surface area contributed by atoms with E-state index in [4.69, 9.17) is 0 Å². The van der Waals surface area contributed by atoms with Crippen molar-refractivity contribution in [3.05, 3.63) is 42.1 Å². The molecule has 2 N–H and O–H groups in total. The Kier molecular flexibility index (Phi) is 5.33. The second-order valence-corrected chi connectivity index (χ2v) is 7.35. The first kappa shape index (κ1) is 17.4. The number of carbonyl (C=O) groups is 2. The van der Waals surface area contributed by atoms with Crippen molar-refractivity contribution in [2.45, 2.75) is 43.1 Å². The van der Waals surface area contributed by atoms with Gasteiger partial charge >= 0.3 is 6.03 Å². The van der Waals surface area contributed by atoms with Crippen molar-refractivity contribution in [3.8, 4) is 11.3 Å². The highest BCUT2D eigenvalue weighted by molar-refractivity contribution is 8.00. The van der Waals surface area contributed by atoms with Crippen molar-refractivity contribution in [1.29, 1.82) is 0 Å². The zero-order valence-corrected chi connectivity index (χ0v) is 15.0. The highest BCUT2D eigenvalue weighted by atomic mass is 32.2. The number of thioether (sulfide) groups is 1. The molecule has 3 rings (SSSR count). The number of benzene rings is 1. The Morgan fingerprint density at radius 1 is 1.20 bits per heavy atom. The van der Waals surface area contributed by atoms with Gasteiger partial charge in [0.25, 0.3) is 0 Å². The molecular weight excluding hydrogens is 336 g/mol. The predicted molar refractivity (Wildman–Crippen MR) is 97.2 cm³/mol. The smallest absolute Gasteiger partial charge is 0.321 e. The van der Waals surface area contributed by atoms with E-state index in [0.29, 0.717) is 5.16 Å².